The molecule has 1 aromatic carbocycles. The summed E-state index contributed by atoms with van der Waals surface area (Å²) in [5.41, 5.74) is 0.733. The van der Waals surface area contributed by atoms with Crippen molar-refractivity contribution in [3.63, 3.8) is 0 Å². The summed E-state index contributed by atoms with van der Waals surface area (Å²) in [5.74, 6) is 0.742. The average molecular weight is 338 g/mol. The molecule has 2 aromatic rings. The van der Waals surface area contributed by atoms with E-state index < -0.39 is 5.54 Å². The largest absolute Gasteiger partial charge is 0.351 e. The molecule has 4 rings (SSSR count). The van der Waals surface area contributed by atoms with E-state index in [1.165, 1.54) is 18.4 Å². The highest BCUT2D eigenvalue weighted by molar-refractivity contribution is 5.85. The Morgan fingerprint density at radius 2 is 2.00 bits per heavy atom. The predicted molar refractivity (Wildman–Crippen MR) is 97.1 cm³/mol. The standard InChI is InChI=1S/C20H26N4O/c25-19(20(9-12-21-13-10-20)24-14-4-11-22-24)23-18(17-7-8-17)15-16-5-2-1-3-6-16/h1-6,11,14,17-18,21H,7-10,12-13,15H2,(H,23,25). The Hall–Kier alpha value is -2.14. The number of benzene rings is 1. The first-order valence-electron chi connectivity index (χ1n) is 9.34. The SMILES string of the molecule is O=C(NC(Cc1ccccc1)C1CC1)C1(n2cccn2)CCNCC1. The third-order valence-corrected chi connectivity index (χ3v) is 5.60. The smallest absolute Gasteiger partial charge is 0.248 e. The monoisotopic (exact) mass is 338 g/mol. The number of piperidine rings is 1. The van der Waals surface area contributed by atoms with Crippen LogP contribution < -0.4 is 10.6 Å². The second-order valence-electron chi connectivity index (χ2n) is 7.34. The molecule has 0 bridgehead atoms. The summed E-state index contributed by atoms with van der Waals surface area (Å²) in [6.45, 7) is 1.69. The minimum Gasteiger partial charge on any atom is -0.351 e. The van der Waals surface area contributed by atoms with Crippen molar-refractivity contribution in [3.8, 4) is 0 Å². The quantitative estimate of drug-likeness (QED) is 0.848. The van der Waals surface area contributed by atoms with Crippen LogP contribution >= 0.6 is 0 Å². The minimum atomic E-state index is -0.557. The lowest BCUT2D eigenvalue weighted by Crippen LogP contribution is -2.57. The molecule has 1 saturated carbocycles. The zero-order chi connectivity index (χ0) is 17.1. The second kappa shape index (κ2) is 7.00. The summed E-state index contributed by atoms with van der Waals surface area (Å²) in [5, 5.41) is 11.2. The fourth-order valence-electron chi connectivity index (χ4n) is 3.93. The molecule has 0 spiro atoms. The van der Waals surface area contributed by atoms with E-state index in [0.29, 0.717) is 5.92 Å². The summed E-state index contributed by atoms with van der Waals surface area (Å²) in [7, 11) is 0. The molecule has 1 saturated heterocycles. The first-order valence-corrected chi connectivity index (χ1v) is 9.34. The Balaban J connectivity index is 1.53. The van der Waals surface area contributed by atoms with Gasteiger partial charge in [-0.15, -0.1) is 0 Å². The van der Waals surface area contributed by atoms with Gasteiger partial charge in [-0.1, -0.05) is 30.3 Å². The lowest BCUT2D eigenvalue weighted by molar-refractivity contribution is -0.132. The van der Waals surface area contributed by atoms with Crippen molar-refractivity contribution in [1.82, 2.24) is 20.4 Å². The van der Waals surface area contributed by atoms with Crippen molar-refractivity contribution in [2.45, 2.75) is 43.7 Å². The maximum Gasteiger partial charge on any atom is 0.248 e. The van der Waals surface area contributed by atoms with E-state index in [1.807, 2.05) is 23.0 Å². The van der Waals surface area contributed by atoms with E-state index >= 15 is 0 Å². The van der Waals surface area contributed by atoms with Crippen LogP contribution in [-0.4, -0.2) is 34.8 Å². The average Bonchev–Trinajstić information content (AvgIpc) is 3.36. The third kappa shape index (κ3) is 3.47. The summed E-state index contributed by atoms with van der Waals surface area (Å²) in [6.07, 6.45) is 8.59. The second-order valence-corrected chi connectivity index (χ2v) is 7.34. The maximum absolute atomic E-state index is 13.4. The molecule has 2 aliphatic rings. The maximum atomic E-state index is 13.4. The van der Waals surface area contributed by atoms with E-state index in [-0.39, 0.29) is 11.9 Å². The van der Waals surface area contributed by atoms with Gasteiger partial charge in [0.25, 0.3) is 0 Å². The third-order valence-electron chi connectivity index (χ3n) is 5.60. The summed E-state index contributed by atoms with van der Waals surface area (Å²) < 4.78 is 1.87. The number of carbonyl (C=O) groups is 1. The number of hydrogen-bond acceptors (Lipinski definition) is 3. The molecule has 2 N–H and O–H groups in total. The van der Waals surface area contributed by atoms with E-state index in [9.17, 15) is 4.79 Å². The highest BCUT2D eigenvalue weighted by Crippen LogP contribution is 2.35. The predicted octanol–water partition coefficient (Wildman–Crippen LogP) is 2.10. The molecule has 5 heteroatoms. The lowest BCUT2D eigenvalue weighted by Gasteiger charge is -2.37. The van der Waals surface area contributed by atoms with Crippen molar-refractivity contribution in [3.05, 3.63) is 54.4 Å². The zero-order valence-corrected chi connectivity index (χ0v) is 14.5. The van der Waals surface area contributed by atoms with Gasteiger partial charge >= 0.3 is 0 Å². The van der Waals surface area contributed by atoms with Gasteiger partial charge in [0.15, 0.2) is 0 Å². The Morgan fingerprint density at radius 1 is 1.24 bits per heavy atom. The molecule has 25 heavy (non-hydrogen) atoms. The number of carbonyl (C=O) groups excluding carboxylic acids is 1. The molecule has 5 nitrogen and oxygen atoms in total. The number of nitrogens with zero attached hydrogens (tertiary/aromatic N) is 2. The van der Waals surface area contributed by atoms with Crippen LogP contribution in [0.2, 0.25) is 0 Å². The van der Waals surface area contributed by atoms with Gasteiger partial charge in [0.05, 0.1) is 0 Å². The highest BCUT2D eigenvalue weighted by Gasteiger charge is 2.44. The van der Waals surface area contributed by atoms with Crippen LogP contribution in [0, 0.1) is 5.92 Å². The van der Waals surface area contributed by atoms with Crippen molar-refractivity contribution in [1.29, 1.82) is 0 Å². The number of nitrogens with one attached hydrogen (secondary N) is 2. The van der Waals surface area contributed by atoms with Gasteiger partial charge in [0.1, 0.15) is 5.54 Å². The molecule has 1 aliphatic carbocycles. The minimum absolute atomic E-state index is 0.130. The molecule has 0 radical (unpaired) electrons. The fourth-order valence-corrected chi connectivity index (χ4v) is 3.93. The molecule has 1 amide bonds. The molecule has 1 aliphatic heterocycles. The van der Waals surface area contributed by atoms with E-state index in [0.717, 1.165) is 32.4 Å². The number of rotatable bonds is 6. The Bertz CT molecular complexity index is 688. The van der Waals surface area contributed by atoms with Gasteiger partial charge in [-0.3, -0.25) is 9.48 Å². The van der Waals surface area contributed by atoms with Crippen molar-refractivity contribution < 1.29 is 4.79 Å². The molecular weight excluding hydrogens is 312 g/mol. The van der Waals surface area contributed by atoms with Crippen LogP contribution in [0.4, 0.5) is 0 Å². The van der Waals surface area contributed by atoms with Crippen molar-refractivity contribution in [2.24, 2.45) is 5.92 Å². The van der Waals surface area contributed by atoms with Gasteiger partial charge in [-0.25, -0.2) is 0 Å². The molecule has 1 aromatic heterocycles. The highest BCUT2D eigenvalue weighted by atomic mass is 16.2. The van der Waals surface area contributed by atoms with Crippen molar-refractivity contribution in [2.75, 3.05) is 13.1 Å². The lowest BCUT2D eigenvalue weighted by atomic mass is 9.86. The van der Waals surface area contributed by atoms with Crippen LogP contribution in [0.3, 0.4) is 0 Å². The molecular formula is C20H26N4O. The topological polar surface area (TPSA) is 59.0 Å². The van der Waals surface area contributed by atoms with Gasteiger partial charge in [-0.05, 0) is 62.7 Å². The van der Waals surface area contributed by atoms with Crippen molar-refractivity contribution >= 4 is 5.91 Å². The van der Waals surface area contributed by atoms with Crippen LogP contribution in [0.25, 0.3) is 0 Å². The Kier molecular flexibility index (Phi) is 4.57. The summed E-state index contributed by atoms with van der Waals surface area (Å²) in [6, 6.07) is 12.6. The Morgan fingerprint density at radius 3 is 2.64 bits per heavy atom. The first kappa shape index (κ1) is 16.3. The number of hydrogen-bond donors (Lipinski definition) is 2. The van der Waals surface area contributed by atoms with Crippen LogP contribution in [0.15, 0.2) is 48.8 Å². The van der Waals surface area contributed by atoms with Gasteiger partial charge in [0.2, 0.25) is 5.91 Å². The molecule has 2 heterocycles. The Labute approximate surface area is 148 Å². The van der Waals surface area contributed by atoms with Crippen LogP contribution in [-0.2, 0) is 16.8 Å². The zero-order valence-electron chi connectivity index (χ0n) is 14.5. The van der Waals surface area contributed by atoms with E-state index in [1.54, 1.807) is 6.20 Å². The van der Waals surface area contributed by atoms with E-state index in [4.69, 9.17) is 0 Å². The first-order chi connectivity index (χ1) is 12.3. The summed E-state index contributed by atoms with van der Waals surface area (Å²) >= 11 is 0. The van der Waals surface area contributed by atoms with E-state index in [2.05, 4.69) is 40.0 Å². The summed E-state index contributed by atoms with van der Waals surface area (Å²) in [4.78, 5) is 13.4. The number of aromatic nitrogens is 2. The fraction of sp³-hybridized carbons (Fsp3) is 0.500. The van der Waals surface area contributed by atoms with Gasteiger partial charge < -0.3 is 10.6 Å². The van der Waals surface area contributed by atoms with Gasteiger partial charge in [-0.2, -0.15) is 5.10 Å². The number of amides is 1. The van der Waals surface area contributed by atoms with Crippen LogP contribution in [0.5, 0.6) is 0 Å². The van der Waals surface area contributed by atoms with Crippen LogP contribution in [0.1, 0.15) is 31.2 Å². The molecule has 2 fully saturated rings. The molecule has 132 valence electrons. The van der Waals surface area contributed by atoms with Gasteiger partial charge in [0, 0.05) is 18.4 Å². The molecule has 1 atom stereocenters. The normalized spacial score (nSPS) is 20.8. The molecule has 1 unspecified atom stereocenters.